The first kappa shape index (κ1) is 10.1. The summed E-state index contributed by atoms with van der Waals surface area (Å²) in [4.78, 5) is 2.38. The molecule has 0 N–H and O–H groups in total. The average Bonchev–Trinajstić information content (AvgIpc) is 2.04. The van der Waals surface area contributed by atoms with Crippen molar-refractivity contribution in [3.8, 4) is 0 Å². The van der Waals surface area contributed by atoms with E-state index in [0.717, 1.165) is 12.5 Å². The summed E-state index contributed by atoms with van der Waals surface area (Å²) in [5, 5.41) is 0. The summed E-state index contributed by atoms with van der Waals surface area (Å²) in [5.41, 5.74) is 0. The molecule has 2 nitrogen and oxygen atoms in total. The van der Waals surface area contributed by atoms with E-state index in [-0.39, 0.29) is 0 Å². The summed E-state index contributed by atoms with van der Waals surface area (Å²) in [7, 11) is 3.64. The maximum atomic E-state index is 5.29. The number of halogens is 1. The van der Waals surface area contributed by atoms with Crippen LogP contribution in [0.5, 0.6) is 0 Å². The minimum Gasteiger partial charge on any atom is -0.306 e. The van der Waals surface area contributed by atoms with Crippen molar-refractivity contribution < 1.29 is 4.18 Å². The smallest absolute Gasteiger partial charge is 0.0652 e. The predicted molar refractivity (Wildman–Crippen MR) is 57.8 cm³/mol. The van der Waals surface area contributed by atoms with Crippen LogP contribution in [0.2, 0.25) is 0 Å². The Hall–Kier alpha value is 1.00. The summed E-state index contributed by atoms with van der Waals surface area (Å²) >= 11 is 2.17. The summed E-state index contributed by atoms with van der Waals surface area (Å²) in [6.07, 6.45) is 2.60. The van der Waals surface area contributed by atoms with Gasteiger partial charge in [0.25, 0.3) is 0 Å². The van der Waals surface area contributed by atoms with Gasteiger partial charge < -0.3 is 9.08 Å². The maximum Gasteiger partial charge on any atom is 0.0652 e. The van der Waals surface area contributed by atoms with Crippen molar-refractivity contribution in [3.63, 3.8) is 0 Å². The van der Waals surface area contributed by atoms with Crippen LogP contribution in [0.15, 0.2) is 0 Å². The highest BCUT2D eigenvalue weighted by molar-refractivity contribution is 14.2. The standard InChI is InChI=1S/C7H14INOS/c1-9-4-2-7(3-5-9)6-10-11-8/h7H,2-6H2,1H3. The Bertz CT molecular complexity index is 104. The molecule has 1 saturated heterocycles. The van der Waals surface area contributed by atoms with E-state index in [1.54, 1.807) is 0 Å². The molecule has 0 unspecified atom stereocenters. The second-order valence-electron chi connectivity index (χ2n) is 3.09. The minimum atomic E-state index is 0.800. The van der Waals surface area contributed by atoms with E-state index in [4.69, 9.17) is 4.18 Å². The molecule has 0 saturated carbocycles. The molecule has 1 fully saturated rings. The topological polar surface area (TPSA) is 12.5 Å². The summed E-state index contributed by atoms with van der Waals surface area (Å²) in [6.45, 7) is 3.40. The molecule has 0 atom stereocenters. The molecule has 0 amide bonds. The van der Waals surface area contributed by atoms with E-state index < -0.39 is 0 Å². The van der Waals surface area contributed by atoms with Crippen molar-refractivity contribution in [1.29, 1.82) is 0 Å². The van der Waals surface area contributed by atoms with Crippen LogP contribution in [0.3, 0.4) is 0 Å². The monoisotopic (exact) mass is 287 g/mol. The van der Waals surface area contributed by atoms with Crippen molar-refractivity contribution >= 4 is 30.4 Å². The van der Waals surface area contributed by atoms with Crippen LogP contribution >= 0.6 is 30.4 Å². The van der Waals surface area contributed by atoms with E-state index in [2.05, 4.69) is 33.2 Å². The van der Waals surface area contributed by atoms with Crippen molar-refractivity contribution in [1.82, 2.24) is 4.90 Å². The van der Waals surface area contributed by atoms with Gasteiger partial charge in [0.1, 0.15) is 0 Å². The second-order valence-corrected chi connectivity index (χ2v) is 4.53. The van der Waals surface area contributed by atoms with Crippen LogP contribution in [-0.4, -0.2) is 31.6 Å². The Morgan fingerprint density at radius 1 is 1.55 bits per heavy atom. The van der Waals surface area contributed by atoms with Gasteiger partial charge in [-0.1, -0.05) is 0 Å². The lowest BCUT2D eigenvalue weighted by atomic mass is 9.98. The van der Waals surface area contributed by atoms with Gasteiger partial charge in [-0.3, -0.25) is 0 Å². The molecule has 0 aromatic carbocycles. The third-order valence-corrected chi connectivity index (χ3v) is 3.17. The van der Waals surface area contributed by atoms with Gasteiger partial charge in [0, 0.05) is 21.2 Å². The molecule has 1 rings (SSSR count). The van der Waals surface area contributed by atoms with Gasteiger partial charge in [0.15, 0.2) is 0 Å². The number of nitrogens with zero attached hydrogens (tertiary/aromatic N) is 1. The Labute approximate surface area is 84.8 Å². The number of likely N-dealkylation sites (tertiary alicyclic amines) is 1. The lowest BCUT2D eigenvalue weighted by Crippen LogP contribution is -2.31. The van der Waals surface area contributed by atoms with E-state index in [1.807, 2.05) is 0 Å². The van der Waals surface area contributed by atoms with E-state index in [0.29, 0.717) is 0 Å². The highest BCUT2D eigenvalue weighted by Crippen LogP contribution is 2.20. The summed E-state index contributed by atoms with van der Waals surface area (Å²) < 4.78 is 5.29. The highest BCUT2D eigenvalue weighted by Gasteiger charge is 2.16. The summed E-state index contributed by atoms with van der Waals surface area (Å²) in [5.74, 6) is 0.800. The fraction of sp³-hybridized carbons (Fsp3) is 1.00. The Morgan fingerprint density at radius 2 is 2.18 bits per heavy atom. The Kier molecular flexibility index (Phi) is 5.14. The van der Waals surface area contributed by atoms with Gasteiger partial charge in [-0.05, 0) is 38.9 Å². The van der Waals surface area contributed by atoms with Crippen molar-refractivity contribution in [2.75, 3.05) is 26.7 Å². The van der Waals surface area contributed by atoms with Crippen molar-refractivity contribution in [2.45, 2.75) is 12.8 Å². The van der Waals surface area contributed by atoms with Gasteiger partial charge >= 0.3 is 0 Å². The van der Waals surface area contributed by atoms with Gasteiger partial charge in [0.2, 0.25) is 0 Å². The van der Waals surface area contributed by atoms with E-state index in [9.17, 15) is 0 Å². The molecule has 66 valence electrons. The van der Waals surface area contributed by atoms with E-state index >= 15 is 0 Å². The molecular weight excluding hydrogens is 273 g/mol. The molecule has 1 aliphatic rings. The fourth-order valence-corrected chi connectivity index (χ4v) is 2.03. The van der Waals surface area contributed by atoms with Crippen LogP contribution in [-0.2, 0) is 4.18 Å². The molecule has 1 heterocycles. The van der Waals surface area contributed by atoms with Crippen molar-refractivity contribution in [2.24, 2.45) is 5.92 Å². The molecular formula is C7H14INOS. The lowest BCUT2D eigenvalue weighted by molar-refractivity contribution is 0.174. The minimum absolute atomic E-state index is 0.800. The van der Waals surface area contributed by atoms with Crippen LogP contribution < -0.4 is 0 Å². The van der Waals surface area contributed by atoms with Gasteiger partial charge in [-0.15, -0.1) is 0 Å². The Morgan fingerprint density at radius 3 is 2.73 bits per heavy atom. The molecule has 4 heteroatoms. The van der Waals surface area contributed by atoms with Gasteiger partial charge in [-0.2, -0.15) is 0 Å². The van der Waals surface area contributed by atoms with Crippen LogP contribution in [0.4, 0.5) is 0 Å². The third-order valence-electron chi connectivity index (χ3n) is 2.19. The largest absolute Gasteiger partial charge is 0.306 e. The van der Waals surface area contributed by atoms with E-state index in [1.165, 1.54) is 35.1 Å². The SMILES string of the molecule is CN1CCC(COSI)CC1. The number of hydrogen-bond donors (Lipinski definition) is 0. The van der Waals surface area contributed by atoms with Crippen LogP contribution in [0.1, 0.15) is 12.8 Å². The molecule has 11 heavy (non-hydrogen) atoms. The first-order valence-electron chi connectivity index (χ1n) is 3.91. The molecule has 0 radical (unpaired) electrons. The zero-order valence-electron chi connectivity index (χ0n) is 6.75. The molecule has 0 aromatic rings. The first-order valence-corrected chi connectivity index (χ1v) is 7.20. The van der Waals surface area contributed by atoms with Crippen molar-refractivity contribution in [3.05, 3.63) is 0 Å². The highest BCUT2D eigenvalue weighted by atomic mass is 127. The van der Waals surface area contributed by atoms with Crippen LogP contribution in [0, 0.1) is 5.92 Å². The predicted octanol–water partition coefficient (Wildman–Crippen LogP) is 2.34. The molecule has 0 aliphatic carbocycles. The normalized spacial score (nSPS) is 22.4. The number of hydrogen-bond acceptors (Lipinski definition) is 3. The molecule has 0 aromatic heterocycles. The maximum absolute atomic E-state index is 5.29. The van der Waals surface area contributed by atoms with Crippen LogP contribution in [0.25, 0.3) is 0 Å². The number of rotatable bonds is 3. The zero-order valence-corrected chi connectivity index (χ0v) is 9.73. The lowest BCUT2D eigenvalue weighted by Gasteiger charge is -2.28. The number of piperidine rings is 1. The summed E-state index contributed by atoms with van der Waals surface area (Å²) in [6, 6.07) is 0. The Balaban J connectivity index is 2.07. The molecule has 0 spiro atoms. The quantitative estimate of drug-likeness (QED) is 0.584. The molecule has 1 aliphatic heterocycles. The third kappa shape index (κ3) is 3.96. The zero-order chi connectivity index (χ0) is 8.10. The molecule has 0 bridgehead atoms. The van der Waals surface area contributed by atoms with Gasteiger partial charge in [-0.25, -0.2) is 0 Å². The second kappa shape index (κ2) is 5.61. The first-order chi connectivity index (χ1) is 5.33. The van der Waals surface area contributed by atoms with Gasteiger partial charge in [0.05, 0.1) is 15.8 Å². The fourth-order valence-electron chi connectivity index (χ4n) is 1.35. The average molecular weight is 287 g/mol.